The zero-order valence-corrected chi connectivity index (χ0v) is 7.58. The van der Waals surface area contributed by atoms with E-state index in [-0.39, 0.29) is 0 Å². The van der Waals surface area contributed by atoms with Crippen LogP contribution in [-0.4, -0.2) is 19.1 Å². The molecule has 0 atom stereocenters. The second-order valence-corrected chi connectivity index (χ2v) is 2.86. The lowest BCUT2D eigenvalue weighted by molar-refractivity contribution is 0.413. The van der Waals surface area contributed by atoms with Crippen LogP contribution in [0.3, 0.4) is 0 Å². The van der Waals surface area contributed by atoms with Crippen molar-refractivity contribution in [3.8, 4) is 5.75 Å². The van der Waals surface area contributed by atoms with Crippen LogP contribution >= 0.6 is 0 Å². The average molecular weight is 164 g/mol. The minimum Gasteiger partial charge on any atom is -0.497 e. The molecule has 2 nitrogen and oxygen atoms in total. The fourth-order valence-electron chi connectivity index (χ4n) is 1.04. The summed E-state index contributed by atoms with van der Waals surface area (Å²) in [5.41, 5.74) is 1.24. The molecule has 0 aromatic heterocycles. The van der Waals surface area contributed by atoms with Crippen LogP contribution in [0.4, 0.5) is 0 Å². The zero-order chi connectivity index (χ0) is 8.97. The Hall–Kier alpha value is -1.02. The van der Waals surface area contributed by atoms with E-state index in [2.05, 4.69) is 7.05 Å². The maximum atomic E-state index is 5.04. The average Bonchev–Trinajstić information content (AvgIpc) is 2.05. The van der Waals surface area contributed by atoms with E-state index in [4.69, 9.17) is 4.74 Å². The zero-order valence-electron chi connectivity index (χ0n) is 7.58. The Morgan fingerprint density at radius 3 is 2.33 bits per heavy atom. The molecule has 0 saturated heterocycles. The highest BCUT2D eigenvalue weighted by Gasteiger charge is 1.94. The molecular formula is C10H14NO. The van der Waals surface area contributed by atoms with Gasteiger partial charge in [0.15, 0.2) is 0 Å². The maximum Gasteiger partial charge on any atom is 0.118 e. The molecule has 0 heterocycles. The number of ether oxygens (including phenoxy) is 1. The Bertz CT molecular complexity index is 228. The maximum absolute atomic E-state index is 5.04. The fourth-order valence-corrected chi connectivity index (χ4v) is 1.04. The second kappa shape index (κ2) is 4.12. The van der Waals surface area contributed by atoms with Gasteiger partial charge in [0.25, 0.3) is 0 Å². The van der Waals surface area contributed by atoms with E-state index < -0.39 is 0 Å². The van der Waals surface area contributed by atoms with Crippen LogP contribution in [0.25, 0.3) is 0 Å². The van der Waals surface area contributed by atoms with Crippen LogP contribution in [-0.2, 0) is 6.54 Å². The van der Waals surface area contributed by atoms with Crippen LogP contribution in [0.2, 0.25) is 0 Å². The van der Waals surface area contributed by atoms with Crippen molar-refractivity contribution in [2.75, 3.05) is 14.2 Å². The van der Waals surface area contributed by atoms with Gasteiger partial charge in [0, 0.05) is 13.6 Å². The third-order valence-electron chi connectivity index (χ3n) is 1.61. The number of hydrogen-bond donors (Lipinski definition) is 0. The third-order valence-corrected chi connectivity index (χ3v) is 1.61. The number of nitrogens with zero attached hydrogens (tertiary/aromatic N) is 1. The summed E-state index contributed by atoms with van der Waals surface area (Å²) in [6.07, 6.45) is 0. The molecule has 0 aliphatic rings. The summed E-state index contributed by atoms with van der Waals surface area (Å²) >= 11 is 0. The van der Waals surface area contributed by atoms with E-state index in [1.807, 2.05) is 36.2 Å². The molecule has 0 spiro atoms. The van der Waals surface area contributed by atoms with Gasteiger partial charge in [-0.15, -0.1) is 0 Å². The normalized spacial score (nSPS) is 10.3. The molecule has 0 bridgehead atoms. The van der Waals surface area contributed by atoms with Gasteiger partial charge in [-0.25, -0.2) is 0 Å². The molecule has 1 radical (unpaired) electrons. The molecule has 0 amide bonds. The molecule has 1 aromatic carbocycles. The van der Waals surface area contributed by atoms with Crippen molar-refractivity contribution >= 4 is 0 Å². The minimum atomic E-state index is 0.865. The predicted octanol–water partition coefficient (Wildman–Crippen LogP) is 1.92. The first-order valence-electron chi connectivity index (χ1n) is 3.87. The van der Waals surface area contributed by atoms with Crippen LogP contribution in [0.1, 0.15) is 5.56 Å². The molecule has 0 aliphatic carbocycles. The molecule has 2 heteroatoms. The Morgan fingerprint density at radius 2 is 1.92 bits per heavy atom. The van der Waals surface area contributed by atoms with Gasteiger partial charge in [0.05, 0.1) is 7.11 Å². The summed E-state index contributed by atoms with van der Waals surface area (Å²) in [5.74, 6) is 0.894. The Morgan fingerprint density at radius 1 is 1.33 bits per heavy atom. The lowest BCUT2D eigenvalue weighted by Gasteiger charge is -2.09. The quantitative estimate of drug-likeness (QED) is 0.676. The van der Waals surface area contributed by atoms with Crippen molar-refractivity contribution in [3.05, 3.63) is 36.9 Å². The van der Waals surface area contributed by atoms with Crippen molar-refractivity contribution in [2.45, 2.75) is 6.54 Å². The topological polar surface area (TPSA) is 12.5 Å². The molecule has 1 rings (SSSR count). The van der Waals surface area contributed by atoms with E-state index in [0.29, 0.717) is 0 Å². The summed E-state index contributed by atoms with van der Waals surface area (Å²) in [5, 5.41) is 0. The first-order valence-corrected chi connectivity index (χ1v) is 3.87. The highest BCUT2D eigenvalue weighted by Crippen LogP contribution is 2.11. The number of benzene rings is 1. The molecule has 65 valence electrons. The van der Waals surface area contributed by atoms with E-state index >= 15 is 0 Å². The summed E-state index contributed by atoms with van der Waals surface area (Å²) < 4.78 is 5.04. The highest BCUT2D eigenvalue weighted by molar-refractivity contribution is 5.26. The summed E-state index contributed by atoms with van der Waals surface area (Å²) in [7, 11) is 7.40. The largest absolute Gasteiger partial charge is 0.497 e. The van der Waals surface area contributed by atoms with Crippen molar-refractivity contribution in [2.24, 2.45) is 0 Å². The second-order valence-electron chi connectivity index (χ2n) is 2.86. The van der Waals surface area contributed by atoms with Gasteiger partial charge in [-0.2, -0.15) is 0 Å². The van der Waals surface area contributed by atoms with Gasteiger partial charge in [0.2, 0.25) is 0 Å². The molecule has 0 saturated carbocycles. The smallest absolute Gasteiger partial charge is 0.118 e. The highest BCUT2D eigenvalue weighted by atomic mass is 16.5. The van der Waals surface area contributed by atoms with Gasteiger partial charge >= 0.3 is 0 Å². The first kappa shape index (κ1) is 9.07. The standard InChI is InChI=1S/C10H14NO/c1-11(2)8-9-4-6-10(12-3)7-5-9/h4-7H,1,8H2,2-3H3. The molecule has 0 aliphatic heterocycles. The van der Waals surface area contributed by atoms with E-state index in [9.17, 15) is 0 Å². The summed E-state index contributed by atoms with van der Waals surface area (Å²) in [6.45, 7) is 0.865. The third kappa shape index (κ3) is 2.55. The van der Waals surface area contributed by atoms with Crippen LogP contribution in [0, 0.1) is 7.05 Å². The van der Waals surface area contributed by atoms with Crippen molar-refractivity contribution < 1.29 is 4.74 Å². The molecule has 0 fully saturated rings. The van der Waals surface area contributed by atoms with Crippen molar-refractivity contribution in [3.63, 3.8) is 0 Å². The molecule has 0 N–H and O–H groups in total. The molecule has 12 heavy (non-hydrogen) atoms. The predicted molar refractivity (Wildman–Crippen MR) is 49.8 cm³/mol. The number of hydrogen-bond acceptors (Lipinski definition) is 2. The lowest BCUT2D eigenvalue weighted by atomic mass is 10.2. The first-order chi connectivity index (χ1) is 5.72. The van der Waals surface area contributed by atoms with Gasteiger partial charge in [-0.1, -0.05) is 12.1 Å². The van der Waals surface area contributed by atoms with E-state index in [0.717, 1.165) is 12.3 Å². The van der Waals surface area contributed by atoms with Gasteiger partial charge in [-0.05, 0) is 24.7 Å². The van der Waals surface area contributed by atoms with E-state index in [1.165, 1.54) is 5.56 Å². The van der Waals surface area contributed by atoms with Gasteiger partial charge in [0.1, 0.15) is 5.75 Å². The summed E-state index contributed by atoms with van der Waals surface area (Å²) in [6, 6.07) is 8.00. The summed E-state index contributed by atoms with van der Waals surface area (Å²) in [4.78, 5) is 1.89. The number of methoxy groups -OCH3 is 1. The SMILES string of the molecule is [CH2]N(C)Cc1ccc(OC)cc1. The van der Waals surface area contributed by atoms with Crippen LogP contribution in [0.15, 0.2) is 24.3 Å². The Kier molecular flexibility index (Phi) is 3.11. The minimum absolute atomic E-state index is 0.865. The lowest BCUT2D eigenvalue weighted by Crippen LogP contribution is -2.07. The Balaban J connectivity index is 2.65. The molecule has 1 aromatic rings. The molecular weight excluding hydrogens is 150 g/mol. The molecule has 0 unspecified atom stereocenters. The van der Waals surface area contributed by atoms with Crippen molar-refractivity contribution in [1.29, 1.82) is 0 Å². The number of rotatable bonds is 3. The fraction of sp³-hybridized carbons (Fsp3) is 0.300. The van der Waals surface area contributed by atoms with Crippen molar-refractivity contribution in [1.82, 2.24) is 4.90 Å². The van der Waals surface area contributed by atoms with Crippen LogP contribution in [0.5, 0.6) is 5.75 Å². The monoisotopic (exact) mass is 164 g/mol. The Labute approximate surface area is 73.8 Å². The van der Waals surface area contributed by atoms with Crippen LogP contribution < -0.4 is 4.74 Å². The van der Waals surface area contributed by atoms with Gasteiger partial charge in [-0.3, -0.25) is 0 Å². The van der Waals surface area contributed by atoms with Gasteiger partial charge < -0.3 is 9.64 Å². The van der Waals surface area contributed by atoms with E-state index in [1.54, 1.807) is 7.11 Å².